The Morgan fingerprint density at radius 3 is 2.86 bits per heavy atom. The number of aliphatic carboxylic acids is 1. The standard InChI is InChI=1S/C16H27NO4/c1-3-4-5-6-8-13(12-21-2)11-15(18)17-10-7-9-14(17)16(19)20/h3,13-14H,1,4-12H2,2H3,(H,19,20). The number of hydrogen-bond acceptors (Lipinski definition) is 3. The van der Waals surface area contributed by atoms with Crippen molar-refractivity contribution in [3.63, 3.8) is 0 Å². The minimum Gasteiger partial charge on any atom is -0.480 e. The molecule has 0 aromatic rings. The number of allylic oxidation sites excluding steroid dienone is 1. The van der Waals surface area contributed by atoms with E-state index in [0.717, 1.165) is 32.1 Å². The Kier molecular flexibility index (Phi) is 8.05. The van der Waals surface area contributed by atoms with Crippen molar-refractivity contribution in [2.75, 3.05) is 20.3 Å². The first-order chi connectivity index (χ1) is 10.1. The molecule has 1 rings (SSSR count). The van der Waals surface area contributed by atoms with Crippen LogP contribution < -0.4 is 0 Å². The summed E-state index contributed by atoms with van der Waals surface area (Å²) in [5.74, 6) is -0.775. The van der Waals surface area contributed by atoms with Crippen LogP contribution in [0.25, 0.3) is 0 Å². The van der Waals surface area contributed by atoms with Gasteiger partial charge in [-0.05, 0) is 38.0 Å². The smallest absolute Gasteiger partial charge is 0.326 e. The first-order valence-corrected chi connectivity index (χ1v) is 7.72. The van der Waals surface area contributed by atoms with E-state index in [-0.39, 0.29) is 11.8 Å². The fourth-order valence-corrected chi connectivity index (χ4v) is 2.89. The number of likely N-dealkylation sites (tertiary alicyclic amines) is 1. The van der Waals surface area contributed by atoms with E-state index in [1.807, 2.05) is 6.08 Å². The van der Waals surface area contributed by atoms with Gasteiger partial charge in [0.25, 0.3) is 0 Å². The molecule has 0 bridgehead atoms. The minimum absolute atomic E-state index is 0.0503. The molecule has 2 atom stereocenters. The highest BCUT2D eigenvalue weighted by atomic mass is 16.5. The second kappa shape index (κ2) is 9.55. The predicted molar refractivity (Wildman–Crippen MR) is 81.0 cm³/mol. The molecule has 1 heterocycles. The maximum Gasteiger partial charge on any atom is 0.326 e. The summed E-state index contributed by atoms with van der Waals surface area (Å²) in [6.07, 6.45) is 7.64. The van der Waals surface area contributed by atoms with E-state index in [1.165, 1.54) is 4.90 Å². The van der Waals surface area contributed by atoms with Crippen molar-refractivity contribution in [3.05, 3.63) is 12.7 Å². The van der Waals surface area contributed by atoms with Crippen LogP contribution in [-0.2, 0) is 14.3 Å². The SMILES string of the molecule is C=CCCCCC(COC)CC(=O)N1CCCC1C(=O)O. The number of methoxy groups -OCH3 is 1. The minimum atomic E-state index is -0.893. The summed E-state index contributed by atoms with van der Waals surface area (Å²) >= 11 is 0. The number of hydrogen-bond donors (Lipinski definition) is 1. The van der Waals surface area contributed by atoms with Crippen LogP contribution in [0.5, 0.6) is 0 Å². The van der Waals surface area contributed by atoms with E-state index in [0.29, 0.717) is 26.0 Å². The zero-order valence-electron chi connectivity index (χ0n) is 12.9. The molecule has 0 radical (unpaired) electrons. The summed E-state index contributed by atoms with van der Waals surface area (Å²) in [4.78, 5) is 25.0. The van der Waals surface area contributed by atoms with E-state index >= 15 is 0 Å². The highest BCUT2D eigenvalue weighted by Crippen LogP contribution is 2.22. The maximum absolute atomic E-state index is 12.3. The highest BCUT2D eigenvalue weighted by Gasteiger charge is 2.34. The van der Waals surface area contributed by atoms with Gasteiger partial charge in [-0.3, -0.25) is 4.79 Å². The van der Waals surface area contributed by atoms with E-state index < -0.39 is 12.0 Å². The summed E-state index contributed by atoms with van der Waals surface area (Å²) in [5.41, 5.74) is 0. The molecule has 21 heavy (non-hydrogen) atoms. The fraction of sp³-hybridized carbons (Fsp3) is 0.750. The molecule has 1 fully saturated rings. The largest absolute Gasteiger partial charge is 0.480 e. The van der Waals surface area contributed by atoms with Crippen molar-refractivity contribution in [1.82, 2.24) is 4.90 Å². The van der Waals surface area contributed by atoms with Crippen molar-refractivity contribution in [2.24, 2.45) is 5.92 Å². The Morgan fingerprint density at radius 1 is 1.48 bits per heavy atom. The first kappa shape index (κ1) is 17.7. The normalized spacial score (nSPS) is 19.5. The number of nitrogens with zero attached hydrogens (tertiary/aromatic N) is 1. The molecular formula is C16H27NO4. The summed E-state index contributed by atoms with van der Waals surface area (Å²) in [7, 11) is 1.64. The monoisotopic (exact) mass is 297 g/mol. The predicted octanol–water partition coefficient (Wildman–Crippen LogP) is 2.46. The van der Waals surface area contributed by atoms with E-state index in [1.54, 1.807) is 7.11 Å². The molecule has 0 spiro atoms. The van der Waals surface area contributed by atoms with Crippen LogP contribution in [0, 0.1) is 5.92 Å². The Hall–Kier alpha value is -1.36. The average Bonchev–Trinajstić information content (AvgIpc) is 2.93. The first-order valence-electron chi connectivity index (χ1n) is 7.72. The second-order valence-electron chi connectivity index (χ2n) is 5.68. The van der Waals surface area contributed by atoms with E-state index in [9.17, 15) is 9.59 Å². The summed E-state index contributed by atoms with van der Waals surface area (Å²) < 4.78 is 5.19. The van der Waals surface area contributed by atoms with Crippen molar-refractivity contribution >= 4 is 11.9 Å². The second-order valence-corrected chi connectivity index (χ2v) is 5.68. The molecule has 1 aliphatic rings. The lowest BCUT2D eigenvalue weighted by Gasteiger charge is -2.24. The molecule has 0 aromatic carbocycles. The zero-order chi connectivity index (χ0) is 15.7. The van der Waals surface area contributed by atoms with E-state index in [4.69, 9.17) is 9.84 Å². The molecule has 0 aromatic heterocycles. The number of carbonyl (C=O) groups excluding carboxylic acids is 1. The van der Waals surface area contributed by atoms with Gasteiger partial charge < -0.3 is 14.7 Å². The van der Waals surface area contributed by atoms with E-state index in [2.05, 4.69) is 6.58 Å². The van der Waals surface area contributed by atoms with Gasteiger partial charge in [0.15, 0.2) is 0 Å². The third kappa shape index (κ3) is 5.87. The van der Waals surface area contributed by atoms with Crippen LogP contribution in [0.1, 0.15) is 44.9 Å². The molecular weight excluding hydrogens is 270 g/mol. The van der Waals surface area contributed by atoms with Crippen molar-refractivity contribution < 1.29 is 19.4 Å². The number of amides is 1. The van der Waals surface area contributed by atoms with Gasteiger partial charge in [-0.1, -0.05) is 12.5 Å². The maximum atomic E-state index is 12.3. The molecule has 1 saturated heterocycles. The number of ether oxygens (including phenoxy) is 1. The average molecular weight is 297 g/mol. The van der Waals surface area contributed by atoms with Crippen LogP contribution in [0.15, 0.2) is 12.7 Å². The van der Waals surface area contributed by atoms with Crippen LogP contribution >= 0.6 is 0 Å². The number of carboxylic acids is 1. The Bertz CT molecular complexity index is 356. The third-order valence-corrected chi connectivity index (χ3v) is 3.99. The molecule has 0 aliphatic carbocycles. The van der Waals surface area contributed by atoms with Crippen LogP contribution in [0.3, 0.4) is 0 Å². The lowest BCUT2D eigenvalue weighted by molar-refractivity contribution is -0.148. The van der Waals surface area contributed by atoms with Crippen LogP contribution in [0.2, 0.25) is 0 Å². The summed E-state index contributed by atoms with van der Waals surface area (Å²) in [6, 6.07) is -0.638. The van der Waals surface area contributed by atoms with Crippen LogP contribution in [-0.4, -0.2) is 48.2 Å². The summed E-state index contributed by atoms with van der Waals surface area (Å²) in [5, 5.41) is 9.14. The van der Waals surface area contributed by atoms with Crippen molar-refractivity contribution in [3.8, 4) is 0 Å². The Morgan fingerprint density at radius 2 is 2.24 bits per heavy atom. The topological polar surface area (TPSA) is 66.8 Å². The van der Waals surface area contributed by atoms with Crippen molar-refractivity contribution in [1.29, 1.82) is 0 Å². The molecule has 1 aliphatic heterocycles. The number of unbranched alkanes of at least 4 members (excludes halogenated alkanes) is 2. The molecule has 5 heteroatoms. The van der Waals surface area contributed by atoms with Crippen LogP contribution in [0.4, 0.5) is 0 Å². The Balaban J connectivity index is 2.47. The fourth-order valence-electron chi connectivity index (χ4n) is 2.89. The Labute approximate surface area is 127 Å². The molecule has 0 saturated carbocycles. The molecule has 1 N–H and O–H groups in total. The van der Waals surface area contributed by atoms with Gasteiger partial charge in [-0.2, -0.15) is 0 Å². The number of rotatable bonds is 10. The van der Waals surface area contributed by atoms with Gasteiger partial charge in [-0.25, -0.2) is 4.79 Å². The van der Waals surface area contributed by atoms with Gasteiger partial charge in [-0.15, -0.1) is 6.58 Å². The quantitative estimate of drug-likeness (QED) is 0.497. The number of carbonyl (C=O) groups is 2. The summed E-state index contributed by atoms with van der Waals surface area (Å²) in [6.45, 7) is 4.81. The number of carboxylic acid groups (broad SMARTS) is 1. The van der Waals surface area contributed by atoms with Crippen molar-refractivity contribution in [2.45, 2.75) is 51.0 Å². The molecule has 120 valence electrons. The van der Waals surface area contributed by atoms with Gasteiger partial charge in [0, 0.05) is 26.7 Å². The molecule has 2 unspecified atom stereocenters. The van der Waals surface area contributed by atoms with Gasteiger partial charge in [0.2, 0.25) is 5.91 Å². The molecule has 5 nitrogen and oxygen atoms in total. The molecule has 1 amide bonds. The van der Waals surface area contributed by atoms with Gasteiger partial charge in [0.05, 0.1) is 0 Å². The lowest BCUT2D eigenvalue weighted by atomic mass is 9.97. The van der Waals surface area contributed by atoms with Gasteiger partial charge in [0.1, 0.15) is 6.04 Å². The lowest BCUT2D eigenvalue weighted by Crippen LogP contribution is -2.41. The third-order valence-electron chi connectivity index (χ3n) is 3.99. The highest BCUT2D eigenvalue weighted by molar-refractivity contribution is 5.84. The zero-order valence-corrected chi connectivity index (χ0v) is 12.9. The van der Waals surface area contributed by atoms with Gasteiger partial charge >= 0.3 is 5.97 Å².